The first-order valence-electron chi connectivity index (χ1n) is 5.77. The number of nitrogens with zero attached hydrogens (tertiary/aromatic N) is 1. The Morgan fingerprint density at radius 1 is 1.24 bits per heavy atom. The first kappa shape index (κ1) is 10.5. The zero-order chi connectivity index (χ0) is 11.8. The van der Waals surface area contributed by atoms with Crippen molar-refractivity contribution in [2.24, 2.45) is 0 Å². The summed E-state index contributed by atoms with van der Waals surface area (Å²) in [5, 5.41) is 10.00. The zero-order valence-corrected chi connectivity index (χ0v) is 9.68. The predicted molar refractivity (Wildman–Crippen MR) is 61.9 cm³/mol. The Bertz CT molecular complexity index is 429. The number of ether oxygens (including phenoxy) is 3. The van der Waals surface area contributed by atoms with E-state index in [9.17, 15) is 5.11 Å². The quantitative estimate of drug-likeness (QED) is 0.799. The molecule has 1 N–H and O–H groups in total. The van der Waals surface area contributed by atoms with Crippen LogP contribution >= 0.6 is 0 Å². The van der Waals surface area contributed by atoms with Gasteiger partial charge in [-0.1, -0.05) is 0 Å². The number of aromatic hydroxyl groups is 1. The normalized spacial score (nSPS) is 22.9. The second-order valence-electron chi connectivity index (χ2n) is 4.16. The third kappa shape index (κ3) is 1.76. The highest BCUT2D eigenvalue weighted by molar-refractivity contribution is 5.73. The molecule has 17 heavy (non-hydrogen) atoms. The van der Waals surface area contributed by atoms with Gasteiger partial charge in [-0.15, -0.1) is 0 Å². The van der Waals surface area contributed by atoms with Gasteiger partial charge in [-0.05, 0) is 12.1 Å². The fourth-order valence-corrected chi connectivity index (χ4v) is 2.21. The molecule has 1 aromatic rings. The maximum Gasteiger partial charge on any atom is 0.238 e. The van der Waals surface area contributed by atoms with E-state index in [1.54, 1.807) is 12.1 Å². The van der Waals surface area contributed by atoms with Crippen molar-refractivity contribution in [1.82, 2.24) is 0 Å². The van der Waals surface area contributed by atoms with E-state index in [1.165, 1.54) is 0 Å². The van der Waals surface area contributed by atoms with Gasteiger partial charge in [-0.2, -0.15) is 0 Å². The maximum atomic E-state index is 10.00. The number of morpholine rings is 1. The van der Waals surface area contributed by atoms with Crippen LogP contribution in [0, 0.1) is 0 Å². The molecular formula is C12H15NO4. The van der Waals surface area contributed by atoms with Gasteiger partial charge in [0.2, 0.25) is 6.29 Å². The van der Waals surface area contributed by atoms with Crippen molar-refractivity contribution in [3.05, 3.63) is 12.1 Å². The van der Waals surface area contributed by atoms with Gasteiger partial charge in [0.05, 0.1) is 13.2 Å². The van der Waals surface area contributed by atoms with Crippen molar-refractivity contribution in [3.63, 3.8) is 0 Å². The van der Waals surface area contributed by atoms with E-state index in [0.29, 0.717) is 24.7 Å². The molecule has 0 aliphatic carbocycles. The molecule has 5 nitrogen and oxygen atoms in total. The third-order valence-electron chi connectivity index (χ3n) is 2.98. The van der Waals surface area contributed by atoms with Crippen LogP contribution in [-0.2, 0) is 4.74 Å². The topological polar surface area (TPSA) is 51.2 Å². The molecule has 2 aliphatic heterocycles. The lowest BCUT2D eigenvalue weighted by molar-refractivity contribution is 0.0677. The number of hydrogen-bond donors (Lipinski definition) is 1. The Morgan fingerprint density at radius 3 is 2.76 bits per heavy atom. The summed E-state index contributed by atoms with van der Waals surface area (Å²) in [7, 11) is 0. The van der Waals surface area contributed by atoms with Crippen molar-refractivity contribution < 1.29 is 19.3 Å². The molecule has 0 spiro atoms. The van der Waals surface area contributed by atoms with Gasteiger partial charge in [0, 0.05) is 20.0 Å². The van der Waals surface area contributed by atoms with Crippen LogP contribution in [0.15, 0.2) is 12.1 Å². The molecule has 0 aromatic heterocycles. The van der Waals surface area contributed by atoms with Gasteiger partial charge < -0.3 is 24.2 Å². The summed E-state index contributed by atoms with van der Waals surface area (Å²) >= 11 is 0. The van der Waals surface area contributed by atoms with Gasteiger partial charge in [-0.3, -0.25) is 0 Å². The number of anilines is 1. The van der Waals surface area contributed by atoms with Gasteiger partial charge >= 0.3 is 0 Å². The summed E-state index contributed by atoms with van der Waals surface area (Å²) in [5.41, 5.74) is 0.718. The van der Waals surface area contributed by atoms with Crippen LogP contribution in [0.4, 0.5) is 5.69 Å². The lowest BCUT2D eigenvalue weighted by Gasteiger charge is -2.29. The van der Waals surface area contributed by atoms with Crippen molar-refractivity contribution in [3.8, 4) is 17.2 Å². The van der Waals surface area contributed by atoms with E-state index in [2.05, 4.69) is 4.90 Å². The van der Waals surface area contributed by atoms with Crippen molar-refractivity contribution in [1.29, 1.82) is 0 Å². The number of fused-ring (bicyclic) bond motifs is 1. The van der Waals surface area contributed by atoms with Crippen LogP contribution in [0.5, 0.6) is 17.2 Å². The van der Waals surface area contributed by atoms with Crippen LogP contribution in [0.25, 0.3) is 0 Å². The maximum absolute atomic E-state index is 10.00. The predicted octanol–water partition coefficient (Wildman–Crippen LogP) is 1.35. The molecule has 1 saturated heterocycles. The molecule has 2 heterocycles. The molecule has 3 rings (SSSR count). The Hall–Kier alpha value is -1.62. The van der Waals surface area contributed by atoms with Crippen LogP contribution in [0.2, 0.25) is 0 Å². The highest BCUT2D eigenvalue weighted by atomic mass is 16.7. The fraction of sp³-hybridized carbons (Fsp3) is 0.500. The average Bonchev–Trinajstić information content (AvgIpc) is 2.70. The zero-order valence-electron chi connectivity index (χ0n) is 9.68. The van der Waals surface area contributed by atoms with Gasteiger partial charge in [0.1, 0.15) is 11.4 Å². The molecular weight excluding hydrogens is 222 g/mol. The van der Waals surface area contributed by atoms with E-state index >= 15 is 0 Å². The standard InChI is InChI=1S/C12H15NO4/c1-8-16-10-3-2-9(14)11(12(10)17-8)13-4-6-15-7-5-13/h2-3,8,14H,4-7H2,1H3. The molecule has 92 valence electrons. The Morgan fingerprint density at radius 2 is 2.00 bits per heavy atom. The highest BCUT2D eigenvalue weighted by Crippen LogP contribution is 2.47. The number of benzene rings is 1. The molecule has 1 fully saturated rings. The minimum atomic E-state index is -0.299. The molecule has 5 heteroatoms. The summed E-state index contributed by atoms with van der Waals surface area (Å²) in [6.07, 6.45) is -0.299. The third-order valence-corrected chi connectivity index (χ3v) is 2.98. The van der Waals surface area contributed by atoms with E-state index in [4.69, 9.17) is 14.2 Å². The SMILES string of the molecule is CC1Oc2ccc(O)c(N3CCOCC3)c2O1. The summed E-state index contributed by atoms with van der Waals surface area (Å²) in [6.45, 7) is 4.67. The van der Waals surface area contributed by atoms with Gasteiger partial charge in [0.15, 0.2) is 11.5 Å². The minimum Gasteiger partial charge on any atom is -0.506 e. The molecule has 1 unspecified atom stereocenters. The Kier molecular flexibility index (Phi) is 2.48. The largest absolute Gasteiger partial charge is 0.506 e. The lowest BCUT2D eigenvalue weighted by atomic mass is 10.2. The van der Waals surface area contributed by atoms with E-state index < -0.39 is 0 Å². The van der Waals surface area contributed by atoms with Crippen molar-refractivity contribution in [2.45, 2.75) is 13.2 Å². The summed E-state index contributed by atoms with van der Waals surface area (Å²) in [4.78, 5) is 2.07. The lowest BCUT2D eigenvalue weighted by Crippen LogP contribution is -2.36. The van der Waals surface area contributed by atoms with Crippen LogP contribution in [0.3, 0.4) is 0 Å². The number of phenols is 1. The summed E-state index contributed by atoms with van der Waals surface area (Å²) < 4.78 is 16.4. The first-order chi connectivity index (χ1) is 8.25. The molecule has 2 aliphatic rings. The van der Waals surface area contributed by atoms with E-state index in [-0.39, 0.29) is 12.0 Å². The Balaban J connectivity index is 2.00. The number of rotatable bonds is 1. The highest BCUT2D eigenvalue weighted by Gasteiger charge is 2.29. The van der Waals surface area contributed by atoms with Crippen molar-refractivity contribution >= 4 is 5.69 Å². The minimum absolute atomic E-state index is 0.225. The molecule has 0 amide bonds. The smallest absolute Gasteiger partial charge is 0.238 e. The summed E-state index contributed by atoms with van der Waals surface area (Å²) in [5.74, 6) is 1.56. The van der Waals surface area contributed by atoms with Crippen molar-refractivity contribution in [2.75, 3.05) is 31.2 Å². The van der Waals surface area contributed by atoms with E-state index in [0.717, 1.165) is 18.8 Å². The molecule has 0 saturated carbocycles. The molecule has 1 aromatic carbocycles. The molecule has 0 bridgehead atoms. The fourth-order valence-electron chi connectivity index (χ4n) is 2.21. The van der Waals surface area contributed by atoms with E-state index in [1.807, 2.05) is 6.92 Å². The van der Waals surface area contributed by atoms with Crippen LogP contribution in [-0.4, -0.2) is 37.7 Å². The first-order valence-corrected chi connectivity index (χ1v) is 5.77. The number of phenolic OH excluding ortho intramolecular Hbond substituents is 1. The number of hydrogen-bond acceptors (Lipinski definition) is 5. The molecule has 0 radical (unpaired) electrons. The van der Waals surface area contributed by atoms with Gasteiger partial charge in [0.25, 0.3) is 0 Å². The monoisotopic (exact) mass is 237 g/mol. The Labute approximate surface area is 99.5 Å². The second-order valence-corrected chi connectivity index (χ2v) is 4.16. The second kappa shape index (κ2) is 4.00. The van der Waals surface area contributed by atoms with Crippen LogP contribution in [0.1, 0.15) is 6.92 Å². The summed E-state index contributed by atoms with van der Waals surface area (Å²) in [6, 6.07) is 3.38. The molecule has 1 atom stereocenters. The van der Waals surface area contributed by atoms with Gasteiger partial charge in [-0.25, -0.2) is 0 Å². The average molecular weight is 237 g/mol. The van der Waals surface area contributed by atoms with Crippen LogP contribution < -0.4 is 14.4 Å².